The second-order valence-corrected chi connectivity index (χ2v) is 5.23. The molecule has 0 aliphatic heterocycles. The molecule has 0 atom stereocenters. The number of nitrogens with zero attached hydrogens (tertiary/aromatic N) is 2. The van der Waals surface area contributed by atoms with Gasteiger partial charge in [-0.1, -0.05) is 18.2 Å². The van der Waals surface area contributed by atoms with E-state index in [9.17, 15) is 9.59 Å². The first-order valence-corrected chi connectivity index (χ1v) is 7.54. The van der Waals surface area contributed by atoms with E-state index < -0.39 is 5.97 Å². The lowest BCUT2D eigenvalue weighted by Crippen LogP contribution is -2.21. The van der Waals surface area contributed by atoms with Gasteiger partial charge in [0.1, 0.15) is 5.65 Å². The van der Waals surface area contributed by atoms with E-state index in [1.165, 1.54) is 11.5 Å². The third-order valence-electron chi connectivity index (χ3n) is 3.50. The Bertz CT molecular complexity index is 981. The first-order chi connectivity index (χ1) is 12.1. The SMILES string of the molecule is COc1ccccc1OCC(=O)Oc1cc(=O)n2cccc(C)c2n1. The van der Waals surface area contributed by atoms with Crippen LogP contribution >= 0.6 is 0 Å². The van der Waals surface area contributed by atoms with Crippen molar-refractivity contribution < 1.29 is 19.0 Å². The second kappa shape index (κ2) is 7.04. The smallest absolute Gasteiger partial charge is 0.350 e. The van der Waals surface area contributed by atoms with Crippen molar-refractivity contribution in [1.29, 1.82) is 0 Å². The van der Waals surface area contributed by atoms with E-state index in [1.54, 1.807) is 36.5 Å². The highest BCUT2D eigenvalue weighted by molar-refractivity contribution is 5.73. The molecule has 0 spiro atoms. The van der Waals surface area contributed by atoms with Crippen molar-refractivity contribution in [1.82, 2.24) is 9.38 Å². The Kier molecular flexibility index (Phi) is 4.65. The summed E-state index contributed by atoms with van der Waals surface area (Å²) in [4.78, 5) is 28.3. The summed E-state index contributed by atoms with van der Waals surface area (Å²) < 4.78 is 17.0. The van der Waals surface area contributed by atoms with Crippen LogP contribution in [0.25, 0.3) is 5.65 Å². The number of para-hydroxylation sites is 2. The van der Waals surface area contributed by atoms with Crippen molar-refractivity contribution in [2.45, 2.75) is 6.92 Å². The third kappa shape index (κ3) is 3.60. The second-order valence-electron chi connectivity index (χ2n) is 5.23. The van der Waals surface area contributed by atoms with Crippen LogP contribution in [0.15, 0.2) is 53.5 Å². The van der Waals surface area contributed by atoms with E-state index in [1.807, 2.05) is 13.0 Å². The first kappa shape index (κ1) is 16.5. The van der Waals surface area contributed by atoms with Gasteiger partial charge in [-0.15, -0.1) is 0 Å². The Morgan fingerprint density at radius 1 is 1.16 bits per heavy atom. The zero-order valence-corrected chi connectivity index (χ0v) is 13.8. The number of rotatable bonds is 5. The number of hydrogen-bond donors (Lipinski definition) is 0. The summed E-state index contributed by atoms with van der Waals surface area (Å²) in [6, 6.07) is 11.7. The lowest BCUT2D eigenvalue weighted by atomic mass is 10.3. The zero-order valence-electron chi connectivity index (χ0n) is 13.8. The number of pyridine rings is 1. The van der Waals surface area contributed by atoms with Gasteiger partial charge in [-0.25, -0.2) is 4.79 Å². The molecule has 0 unspecified atom stereocenters. The number of fused-ring (bicyclic) bond motifs is 1. The van der Waals surface area contributed by atoms with E-state index in [2.05, 4.69) is 4.98 Å². The Morgan fingerprint density at radius 2 is 1.92 bits per heavy atom. The molecule has 0 saturated carbocycles. The maximum Gasteiger partial charge on any atom is 0.350 e. The number of aryl methyl sites for hydroxylation is 1. The predicted molar refractivity (Wildman–Crippen MR) is 90.3 cm³/mol. The first-order valence-electron chi connectivity index (χ1n) is 7.54. The fraction of sp³-hybridized carbons (Fsp3) is 0.167. The summed E-state index contributed by atoms with van der Waals surface area (Å²) >= 11 is 0. The Balaban J connectivity index is 1.74. The van der Waals surface area contributed by atoms with Crippen molar-refractivity contribution >= 4 is 11.6 Å². The fourth-order valence-corrected chi connectivity index (χ4v) is 2.31. The number of benzene rings is 1. The minimum atomic E-state index is -0.671. The van der Waals surface area contributed by atoms with E-state index in [-0.39, 0.29) is 18.0 Å². The van der Waals surface area contributed by atoms with Crippen LogP contribution in [-0.4, -0.2) is 29.1 Å². The molecule has 0 bridgehead atoms. The molecule has 25 heavy (non-hydrogen) atoms. The summed E-state index contributed by atoms with van der Waals surface area (Å²) in [6.45, 7) is 1.48. The van der Waals surface area contributed by atoms with Crippen LogP contribution in [-0.2, 0) is 4.79 Å². The highest BCUT2D eigenvalue weighted by Gasteiger charge is 2.12. The van der Waals surface area contributed by atoms with Crippen LogP contribution in [0.2, 0.25) is 0 Å². The largest absolute Gasteiger partial charge is 0.493 e. The monoisotopic (exact) mass is 340 g/mol. The maximum absolute atomic E-state index is 12.1. The molecule has 2 aromatic heterocycles. The summed E-state index contributed by atoms with van der Waals surface area (Å²) in [7, 11) is 1.51. The lowest BCUT2D eigenvalue weighted by Gasteiger charge is -2.10. The van der Waals surface area contributed by atoms with Gasteiger partial charge in [0.25, 0.3) is 5.56 Å². The van der Waals surface area contributed by atoms with Gasteiger partial charge >= 0.3 is 5.97 Å². The normalized spacial score (nSPS) is 10.5. The van der Waals surface area contributed by atoms with Gasteiger partial charge in [0.05, 0.1) is 13.2 Å². The molecule has 0 saturated heterocycles. The van der Waals surface area contributed by atoms with Gasteiger partial charge in [-0.05, 0) is 30.7 Å². The Hall–Kier alpha value is -3.35. The van der Waals surface area contributed by atoms with Crippen molar-refractivity contribution in [2.24, 2.45) is 0 Å². The fourth-order valence-electron chi connectivity index (χ4n) is 2.31. The molecule has 128 valence electrons. The number of ether oxygens (including phenoxy) is 3. The topological polar surface area (TPSA) is 79.1 Å². The van der Waals surface area contributed by atoms with E-state index in [0.29, 0.717) is 17.1 Å². The number of methoxy groups -OCH3 is 1. The van der Waals surface area contributed by atoms with Crippen LogP contribution in [0, 0.1) is 6.92 Å². The quantitative estimate of drug-likeness (QED) is 0.661. The summed E-state index contributed by atoms with van der Waals surface area (Å²) in [5.74, 6) is 0.195. The average molecular weight is 340 g/mol. The standard InChI is InChI=1S/C18H16N2O5/c1-12-6-5-9-20-16(21)10-15(19-18(12)20)25-17(22)11-24-14-8-4-3-7-13(14)23-2/h3-10H,11H2,1-2H3. The molecule has 7 heteroatoms. The van der Waals surface area contributed by atoms with Crippen LogP contribution in [0.5, 0.6) is 17.4 Å². The van der Waals surface area contributed by atoms with Crippen LogP contribution in [0.4, 0.5) is 0 Å². The molecule has 3 aromatic rings. The molecule has 3 rings (SSSR count). The lowest BCUT2D eigenvalue weighted by molar-refractivity contribution is -0.136. The molecule has 2 heterocycles. The molecular weight excluding hydrogens is 324 g/mol. The van der Waals surface area contributed by atoms with Crippen molar-refractivity contribution in [3.05, 3.63) is 64.6 Å². The highest BCUT2D eigenvalue weighted by atomic mass is 16.6. The molecule has 0 amide bonds. The van der Waals surface area contributed by atoms with Crippen molar-refractivity contribution in [3.63, 3.8) is 0 Å². The zero-order chi connectivity index (χ0) is 17.8. The van der Waals surface area contributed by atoms with Gasteiger partial charge in [0.15, 0.2) is 18.1 Å². The minimum absolute atomic E-state index is 0.0621. The molecule has 0 N–H and O–H groups in total. The average Bonchev–Trinajstić information content (AvgIpc) is 2.61. The number of hydrogen-bond acceptors (Lipinski definition) is 6. The third-order valence-corrected chi connectivity index (χ3v) is 3.50. The van der Waals surface area contributed by atoms with Crippen LogP contribution < -0.4 is 19.8 Å². The molecule has 0 radical (unpaired) electrons. The predicted octanol–water partition coefficient (Wildman–Crippen LogP) is 2.00. The van der Waals surface area contributed by atoms with E-state index >= 15 is 0 Å². The summed E-state index contributed by atoms with van der Waals surface area (Å²) in [6.07, 6.45) is 1.61. The Morgan fingerprint density at radius 3 is 2.68 bits per heavy atom. The summed E-state index contributed by atoms with van der Waals surface area (Å²) in [5.41, 5.74) is 0.897. The molecular formula is C18H16N2O5. The van der Waals surface area contributed by atoms with Gasteiger partial charge < -0.3 is 14.2 Å². The number of carbonyl (C=O) groups is 1. The molecule has 0 aliphatic rings. The molecule has 7 nitrogen and oxygen atoms in total. The van der Waals surface area contributed by atoms with Crippen molar-refractivity contribution in [3.8, 4) is 17.4 Å². The highest BCUT2D eigenvalue weighted by Crippen LogP contribution is 2.25. The van der Waals surface area contributed by atoms with E-state index in [4.69, 9.17) is 14.2 Å². The summed E-state index contributed by atoms with van der Waals surface area (Å²) in [5, 5.41) is 0. The Labute approximate surface area is 143 Å². The van der Waals surface area contributed by atoms with Gasteiger partial charge in [0.2, 0.25) is 5.88 Å². The van der Waals surface area contributed by atoms with Gasteiger partial charge in [-0.3, -0.25) is 9.20 Å². The van der Waals surface area contributed by atoms with Gasteiger partial charge in [0, 0.05) is 6.20 Å². The maximum atomic E-state index is 12.1. The van der Waals surface area contributed by atoms with Gasteiger partial charge in [-0.2, -0.15) is 4.98 Å². The minimum Gasteiger partial charge on any atom is -0.493 e. The molecule has 0 fully saturated rings. The van der Waals surface area contributed by atoms with E-state index in [0.717, 1.165) is 11.6 Å². The number of carbonyl (C=O) groups excluding carboxylic acids is 1. The number of esters is 1. The number of aromatic nitrogens is 2. The van der Waals surface area contributed by atoms with Crippen LogP contribution in [0.3, 0.4) is 0 Å². The molecule has 0 aliphatic carbocycles. The van der Waals surface area contributed by atoms with Crippen LogP contribution in [0.1, 0.15) is 5.56 Å². The van der Waals surface area contributed by atoms with Crippen molar-refractivity contribution in [2.75, 3.05) is 13.7 Å². The molecule has 1 aromatic carbocycles.